The highest BCUT2D eigenvalue weighted by Gasteiger charge is 2.32. The number of amides is 1. The van der Waals surface area contributed by atoms with Crippen molar-refractivity contribution in [1.29, 1.82) is 0 Å². The summed E-state index contributed by atoms with van der Waals surface area (Å²) in [5.41, 5.74) is 5.17. The number of carbonyl (C=O) groups is 1. The van der Waals surface area contributed by atoms with E-state index < -0.39 is 0 Å². The van der Waals surface area contributed by atoms with Crippen LogP contribution < -0.4 is 4.90 Å². The van der Waals surface area contributed by atoms with Gasteiger partial charge in [-0.2, -0.15) is 0 Å². The average Bonchev–Trinajstić information content (AvgIpc) is 3.04. The van der Waals surface area contributed by atoms with Crippen molar-refractivity contribution in [3.63, 3.8) is 0 Å². The maximum absolute atomic E-state index is 13.0. The number of para-hydroxylation sites is 1. The molecule has 23 heavy (non-hydrogen) atoms. The van der Waals surface area contributed by atoms with Crippen LogP contribution in [0.3, 0.4) is 0 Å². The zero-order valence-corrected chi connectivity index (χ0v) is 13.5. The summed E-state index contributed by atoms with van der Waals surface area (Å²) in [7, 11) is 0. The fourth-order valence-electron chi connectivity index (χ4n) is 3.80. The minimum Gasteiger partial charge on any atom is -0.310 e. The Hall–Kier alpha value is -2.13. The molecule has 2 aromatic rings. The smallest absolute Gasteiger partial charge is 0.244 e. The average molecular weight is 306 g/mol. The van der Waals surface area contributed by atoms with E-state index in [-0.39, 0.29) is 11.9 Å². The molecule has 0 unspecified atom stereocenters. The largest absolute Gasteiger partial charge is 0.310 e. The summed E-state index contributed by atoms with van der Waals surface area (Å²) >= 11 is 0. The molecule has 0 fully saturated rings. The number of anilines is 1. The second kappa shape index (κ2) is 5.82. The number of rotatable bonds is 2. The summed E-state index contributed by atoms with van der Waals surface area (Å²) in [6.07, 6.45) is 2.00. The summed E-state index contributed by atoms with van der Waals surface area (Å²) in [5.74, 6) is 0.231. The van der Waals surface area contributed by atoms with Gasteiger partial charge in [0.05, 0.1) is 6.04 Å². The van der Waals surface area contributed by atoms with Crippen molar-refractivity contribution in [2.45, 2.75) is 32.4 Å². The second-order valence-electron chi connectivity index (χ2n) is 6.53. The fourth-order valence-corrected chi connectivity index (χ4v) is 3.80. The summed E-state index contributed by atoms with van der Waals surface area (Å²) in [4.78, 5) is 17.3. The minimum absolute atomic E-state index is 0.0745. The Morgan fingerprint density at radius 1 is 0.913 bits per heavy atom. The van der Waals surface area contributed by atoms with Crippen LogP contribution >= 0.6 is 0 Å². The first-order chi connectivity index (χ1) is 11.2. The Morgan fingerprint density at radius 3 is 2.39 bits per heavy atom. The van der Waals surface area contributed by atoms with Crippen LogP contribution in [0.25, 0.3) is 0 Å². The van der Waals surface area contributed by atoms with Crippen LogP contribution in [0, 0.1) is 0 Å². The van der Waals surface area contributed by atoms with Gasteiger partial charge in [0.1, 0.15) is 0 Å². The van der Waals surface area contributed by atoms with Gasteiger partial charge in [-0.1, -0.05) is 42.5 Å². The lowest BCUT2D eigenvalue weighted by Gasteiger charge is -2.34. The van der Waals surface area contributed by atoms with E-state index in [4.69, 9.17) is 0 Å². The van der Waals surface area contributed by atoms with Gasteiger partial charge in [0, 0.05) is 25.3 Å². The van der Waals surface area contributed by atoms with Gasteiger partial charge in [0.25, 0.3) is 0 Å². The lowest BCUT2D eigenvalue weighted by molar-refractivity contribution is -0.123. The molecule has 0 saturated carbocycles. The summed E-state index contributed by atoms with van der Waals surface area (Å²) in [6.45, 7) is 4.70. The third kappa shape index (κ3) is 2.55. The molecule has 0 N–H and O–H groups in total. The van der Waals surface area contributed by atoms with Gasteiger partial charge in [0.15, 0.2) is 0 Å². The monoisotopic (exact) mass is 306 g/mol. The maximum Gasteiger partial charge on any atom is 0.244 e. The molecule has 0 aromatic heterocycles. The van der Waals surface area contributed by atoms with Crippen molar-refractivity contribution in [3.8, 4) is 0 Å². The van der Waals surface area contributed by atoms with Crippen molar-refractivity contribution in [3.05, 3.63) is 65.2 Å². The van der Waals surface area contributed by atoms with Crippen LogP contribution in [0.1, 0.15) is 23.6 Å². The lowest BCUT2D eigenvalue weighted by atomic mass is 9.98. The molecular weight excluding hydrogens is 284 g/mol. The second-order valence-corrected chi connectivity index (χ2v) is 6.53. The molecule has 0 spiro atoms. The van der Waals surface area contributed by atoms with Gasteiger partial charge in [-0.15, -0.1) is 0 Å². The van der Waals surface area contributed by atoms with E-state index >= 15 is 0 Å². The minimum atomic E-state index is -0.0745. The Bertz CT molecular complexity index is 740. The molecule has 3 nitrogen and oxygen atoms in total. The summed E-state index contributed by atoms with van der Waals surface area (Å²) in [5, 5.41) is 0. The van der Waals surface area contributed by atoms with Crippen LogP contribution in [0.2, 0.25) is 0 Å². The van der Waals surface area contributed by atoms with Crippen LogP contribution in [0.4, 0.5) is 5.69 Å². The first-order valence-electron chi connectivity index (χ1n) is 8.44. The molecule has 2 aliphatic heterocycles. The molecular formula is C20H22N2O. The van der Waals surface area contributed by atoms with Gasteiger partial charge >= 0.3 is 0 Å². The van der Waals surface area contributed by atoms with E-state index in [1.807, 2.05) is 11.0 Å². The molecule has 0 radical (unpaired) electrons. The predicted molar refractivity (Wildman–Crippen MR) is 92.5 cm³/mol. The molecule has 0 saturated heterocycles. The quantitative estimate of drug-likeness (QED) is 0.851. The highest BCUT2D eigenvalue weighted by atomic mass is 16.2. The number of hydrogen-bond acceptors (Lipinski definition) is 2. The van der Waals surface area contributed by atoms with E-state index in [0.29, 0.717) is 0 Å². The molecule has 2 aromatic carbocycles. The van der Waals surface area contributed by atoms with E-state index in [9.17, 15) is 4.79 Å². The van der Waals surface area contributed by atoms with Crippen molar-refractivity contribution in [1.82, 2.24) is 4.90 Å². The molecule has 118 valence electrons. The van der Waals surface area contributed by atoms with Gasteiger partial charge < -0.3 is 4.90 Å². The van der Waals surface area contributed by atoms with E-state index in [1.54, 1.807) is 0 Å². The van der Waals surface area contributed by atoms with Crippen LogP contribution in [0.5, 0.6) is 0 Å². The van der Waals surface area contributed by atoms with Crippen LogP contribution in [-0.2, 0) is 24.2 Å². The van der Waals surface area contributed by atoms with Gasteiger partial charge in [-0.25, -0.2) is 0 Å². The maximum atomic E-state index is 13.0. The van der Waals surface area contributed by atoms with Crippen molar-refractivity contribution < 1.29 is 4.79 Å². The Kier molecular flexibility index (Phi) is 3.66. The standard InChI is InChI=1S/C20H22N2O/c1-15(21-12-10-16-6-2-3-8-18(16)14-21)20(23)22-13-11-17-7-4-5-9-19(17)22/h2-9,15H,10-14H2,1H3/t15-/m1/s1. The first-order valence-corrected chi connectivity index (χ1v) is 8.44. The number of carbonyl (C=O) groups excluding carboxylic acids is 1. The summed E-state index contributed by atoms with van der Waals surface area (Å²) in [6, 6.07) is 16.8. The number of benzene rings is 2. The topological polar surface area (TPSA) is 23.6 Å². The third-order valence-corrected chi connectivity index (χ3v) is 5.22. The van der Waals surface area contributed by atoms with E-state index in [0.717, 1.165) is 38.2 Å². The molecule has 0 aliphatic carbocycles. The Labute approximate surface area is 137 Å². The van der Waals surface area contributed by atoms with Crippen molar-refractivity contribution >= 4 is 11.6 Å². The Morgan fingerprint density at radius 2 is 1.57 bits per heavy atom. The normalized spacial score (nSPS) is 18.4. The lowest BCUT2D eigenvalue weighted by Crippen LogP contribution is -2.48. The zero-order valence-electron chi connectivity index (χ0n) is 13.5. The van der Waals surface area contributed by atoms with Crippen LogP contribution in [-0.4, -0.2) is 29.9 Å². The van der Waals surface area contributed by atoms with Crippen molar-refractivity contribution in [2.24, 2.45) is 0 Å². The first kappa shape index (κ1) is 14.5. The molecule has 3 heteroatoms. The third-order valence-electron chi connectivity index (χ3n) is 5.22. The highest BCUT2D eigenvalue weighted by molar-refractivity contribution is 5.98. The van der Waals surface area contributed by atoms with E-state index in [2.05, 4.69) is 54.3 Å². The fraction of sp³-hybridized carbons (Fsp3) is 0.350. The van der Waals surface area contributed by atoms with E-state index in [1.165, 1.54) is 16.7 Å². The SMILES string of the molecule is C[C@H](C(=O)N1CCc2ccccc21)N1CCc2ccccc2C1. The highest BCUT2D eigenvalue weighted by Crippen LogP contribution is 2.29. The zero-order chi connectivity index (χ0) is 15.8. The summed E-state index contributed by atoms with van der Waals surface area (Å²) < 4.78 is 0. The number of fused-ring (bicyclic) bond motifs is 2. The number of nitrogens with zero attached hydrogens (tertiary/aromatic N) is 2. The van der Waals surface area contributed by atoms with Gasteiger partial charge in [-0.3, -0.25) is 9.69 Å². The molecule has 2 aliphatic rings. The molecule has 2 heterocycles. The van der Waals surface area contributed by atoms with Crippen molar-refractivity contribution in [2.75, 3.05) is 18.0 Å². The Balaban J connectivity index is 1.52. The predicted octanol–water partition coefficient (Wildman–Crippen LogP) is 3.02. The van der Waals surface area contributed by atoms with Crippen LogP contribution in [0.15, 0.2) is 48.5 Å². The molecule has 0 bridgehead atoms. The van der Waals surface area contributed by atoms with Gasteiger partial charge in [0.2, 0.25) is 5.91 Å². The molecule has 1 atom stereocenters. The molecule has 4 rings (SSSR count). The molecule has 1 amide bonds. The number of hydrogen-bond donors (Lipinski definition) is 0. The van der Waals surface area contributed by atoms with Gasteiger partial charge in [-0.05, 0) is 42.5 Å².